The fourth-order valence-corrected chi connectivity index (χ4v) is 8.04. The van der Waals surface area contributed by atoms with Crippen molar-refractivity contribution in [1.82, 2.24) is 13.7 Å². The molecule has 0 aliphatic carbocycles. The molecular weight excluding hydrogens is 625 g/mol. The van der Waals surface area contributed by atoms with Gasteiger partial charge in [0.1, 0.15) is 0 Å². The highest BCUT2D eigenvalue weighted by atomic mass is 15.2. The first-order valence-corrected chi connectivity index (χ1v) is 17.7. The highest BCUT2D eigenvalue weighted by molar-refractivity contribution is 6.39. The Kier molecular flexibility index (Phi) is 9.94. The first-order valence-electron chi connectivity index (χ1n) is 17.7. The fourth-order valence-electron chi connectivity index (χ4n) is 8.04. The fraction of sp³-hybridized carbons (Fsp3) is 0.368. The van der Waals surface area contributed by atoms with Crippen LogP contribution in [-0.2, 0) is 19.6 Å². The monoisotopic (exact) mass is 664 g/mol. The van der Waals surface area contributed by atoms with E-state index in [0.29, 0.717) is 32.7 Å². The molecule has 3 aromatic heterocycles. The van der Waals surface area contributed by atoms with E-state index < -0.39 is 0 Å². The topological polar surface area (TPSA) is 161 Å². The summed E-state index contributed by atoms with van der Waals surface area (Å²) < 4.78 is 7.24. The van der Waals surface area contributed by atoms with E-state index >= 15 is 0 Å². The van der Waals surface area contributed by atoms with E-state index in [0.717, 1.165) is 59.7 Å². The Morgan fingerprint density at radius 2 is 0.740 bits per heavy atom. The van der Waals surface area contributed by atoms with E-state index in [-0.39, 0.29) is 0 Å². The van der Waals surface area contributed by atoms with Crippen LogP contribution in [0.15, 0.2) is 88.1 Å². The van der Waals surface area contributed by atoms with Crippen LogP contribution in [0.5, 0.6) is 0 Å². The van der Waals surface area contributed by atoms with E-state index in [2.05, 4.69) is 117 Å². The lowest BCUT2D eigenvalue weighted by Gasteiger charge is -2.12. The van der Waals surface area contributed by atoms with E-state index in [1.165, 1.54) is 63.6 Å². The molecule has 0 atom stereocenters. The highest BCUT2D eigenvalue weighted by Gasteiger charge is 2.26. The van der Waals surface area contributed by atoms with Crippen molar-refractivity contribution in [3.63, 3.8) is 0 Å². The third kappa shape index (κ3) is 5.90. The van der Waals surface area contributed by atoms with Gasteiger partial charge in [-0.3, -0.25) is 0 Å². The molecular formula is C38H40N12. The maximum Gasteiger partial charge on any atom is 0.0614 e. The van der Waals surface area contributed by atoms with Crippen molar-refractivity contribution in [1.29, 1.82) is 0 Å². The molecule has 7 rings (SSSR count). The minimum absolute atomic E-state index is 0.343. The van der Waals surface area contributed by atoms with Crippen molar-refractivity contribution in [2.24, 2.45) is 15.3 Å². The van der Waals surface area contributed by atoms with Gasteiger partial charge in [0.15, 0.2) is 0 Å². The molecule has 0 saturated heterocycles. The summed E-state index contributed by atoms with van der Waals surface area (Å²) >= 11 is 0. The van der Waals surface area contributed by atoms with Crippen LogP contribution in [0.25, 0.3) is 96.7 Å². The van der Waals surface area contributed by atoms with Gasteiger partial charge in [0.25, 0.3) is 0 Å². The summed E-state index contributed by atoms with van der Waals surface area (Å²) in [5, 5.41) is 18.7. The number of azide groups is 3. The van der Waals surface area contributed by atoms with Gasteiger partial charge in [0.05, 0.1) is 16.6 Å². The van der Waals surface area contributed by atoms with E-state index in [1.807, 2.05) is 0 Å². The van der Waals surface area contributed by atoms with Crippen LogP contribution < -0.4 is 0 Å². The average Bonchev–Trinajstić information content (AvgIpc) is 3.77. The van der Waals surface area contributed by atoms with Gasteiger partial charge in [-0.1, -0.05) is 108 Å². The number of hydrogen-bond acceptors (Lipinski definition) is 3. The molecule has 0 aliphatic rings. The normalized spacial score (nSPS) is 11.5. The maximum absolute atomic E-state index is 9.20. The molecule has 3 heterocycles. The molecule has 0 saturated carbocycles. The summed E-state index contributed by atoms with van der Waals surface area (Å²) in [5.41, 5.74) is 33.8. The lowest BCUT2D eigenvalue weighted by Crippen LogP contribution is -2.03. The molecule has 0 unspecified atom stereocenters. The Morgan fingerprint density at radius 3 is 1.16 bits per heavy atom. The number of rotatable bonds is 17. The molecule has 0 fully saturated rings. The number of nitrogens with zero attached hydrogens (tertiary/aromatic N) is 12. The average molecular weight is 665 g/mol. The first kappa shape index (κ1) is 32.7. The summed E-state index contributed by atoms with van der Waals surface area (Å²) in [4.78, 5) is 8.99. The van der Waals surface area contributed by atoms with Gasteiger partial charge in [-0.25, -0.2) is 0 Å². The number of benzene rings is 4. The standard InChI is InChI=1S/C38H40N12/c39-45-42-21-13-5-3-1-2-4-6-14-24-48-30-18-10-7-15-27(30)33-36(48)34-28-16-8-11-19-31(28)49(25-22-43-46-40)38(34)35-29-17-9-12-20-32(29)50(37(33)35)26-23-44-47-41/h7-12,15-20H,1-6,13-14,21-26H2. The Balaban J connectivity index is 1.43. The largest absolute Gasteiger partial charge is 0.340 e. The second-order valence-electron chi connectivity index (χ2n) is 12.9. The molecule has 12 heteroatoms. The summed E-state index contributed by atoms with van der Waals surface area (Å²) in [6.45, 7) is 3.29. The number of hydrogen-bond donors (Lipinski definition) is 0. The van der Waals surface area contributed by atoms with Crippen molar-refractivity contribution in [3.05, 3.63) is 104 Å². The van der Waals surface area contributed by atoms with Crippen molar-refractivity contribution in [3.8, 4) is 0 Å². The molecule has 0 amide bonds. The van der Waals surface area contributed by atoms with E-state index in [4.69, 9.17) is 5.53 Å². The van der Waals surface area contributed by atoms with Crippen LogP contribution in [0.3, 0.4) is 0 Å². The van der Waals surface area contributed by atoms with Crippen LogP contribution >= 0.6 is 0 Å². The van der Waals surface area contributed by atoms with Gasteiger partial charge < -0.3 is 13.7 Å². The molecule has 4 aromatic carbocycles. The lowest BCUT2D eigenvalue weighted by atomic mass is 10.0. The Morgan fingerprint density at radius 1 is 0.400 bits per heavy atom. The van der Waals surface area contributed by atoms with Gasteiger partial charge >= 0.3 is 0 Å². The van der Waals surface area contributed by atoms with Gasteiger partial charge in [0, 0.05) is 103 Å². The molecule has 0 N–H and O–H groups in total. The van der Waals surface area contributed by atoms with Gasteiger partial charge in [-0.15, -0.1) is 0 Å². The molecule has 0 radical (unpaired) electrons. The summed E-state index contributed by atoms with van der Waals surface area (Å²) in [5.74, 6) is 0. The predicted octanol–water partition coefficient (Wildman–Crippen LogP) is 12.1. The van der Waals surface area contributed by atoms with Crippen molar-refractivity contribution >= 4 is 65.4 Å². The predicted molar refractivity (Wildman–Crippen MR) is 204 cm³/mol. The number of unbranched alkanes of at least 4 members (excludes halogenated alkanes) is 7. The van der Waals surface area contributed by atoms with E-state index in [9.17, 15) is 11.1 Å². The SMILES string of the molecule is [N-]=[N+]=NCCCCCCCCCCn1c2ccccc2c2c1c1c3ccccc3n(CCN=[N+]=[N-])c1c1c3ccccc3n(CCN=[N+]=[N-])c21. The molecule has 50 heavy (non-hydrogen) atoms. The summed E-state index contributed by atoms with van der Waals surface area (Å²) in [6.07, 6.45) is 9.09. The molecule has 252 valence electrons. The van der Waals surface area contributed by atoms with Gasteiger partial charge in [0.2, 0.25) is 0 Å². The quantitative estimate of drug-likeness (QED) is 0.0392. The third-order valence-corrected chi connectivity index (χ3v) is 10.0. The smallest absolute Gasteiger partial charge is 0.0614 e. The van der Waals surface area contributed by atoms with Crippen LogP contribution in [0, 0.1) is 0 Å². The minimum atomic E-state index is 0.343. The maximum atomic E-state index is 9.20. The zero-order valence-corrected chi connectivity index (χ0v) is 28.2. The second kappa shape index (κ2) is 15.2. The summed E-state index contributed by atoms with van der Waals surface area (Å²) in [6, 6.07) is 25.9. The van der Waals surface area contributed by atoms with Crippen LogP contribution in [-0.4, -0.2) is 33.3 Å². The van der Waals surface area contributed by atoms with Gasteiger partial charge in [-0.05, 0) is 47.6 Å². The van der Waals surface area contributed by atoms with Crippen LogP contribution in [0.4, 0.5) is 0 Å². The number of aryl methyl sites for hydroxylation is 1. The minimum Gasteiger partial charge on any atom is -0.340 e. The molecule has 12 nitrogen and oxygen atoms in total. The van der Waals surface area contributed by atoms with Crippen molar-refractivity contribution < 1.29 is 0 Å². The van der Waals surface area contributed by atoms with Crippen LogP contribution in [0.2, 0.25) is 0 Å². The van der Waals surface area contributed by atoms with E-state index in [1.54, 1.807) is 0 Å². The number of para-hydroxylation sites is 3. The zero-order valence-electron chi connectivity index (χ0n) is 28.2. The first-order chi connectivity index (χ1) is 24.8. The Bertz CT molecular complexity index is 2430. The van der Waals surface area contributed by atoms with Crippen molar-refractivity contribution in [2.45, 2.75) is 71.0 Å². The van der Waals surface area contributed by atoms with Crippen LogP contribution in [0.1, 0.15) is 51.4 Å². The Labute approximate surface area is 288 Å². The highest BCUT2D eigenvalue weighted by Crippen LogP contribution is 2.48. The van der Waals surface area contributed by atoms with Crippen molar-refractivity contribution in [2.75, 3.05) is 19.6 Å². The second-order valence-corrected chi connectivity index (χ2v) is 12.9. The Hall–Kier alpha value is -5.79. The number of aromatic nitrogens is 3. The molecule has 0 spiro atoms. The molecule has 0 aliphatic heterocycles. The third-order valence-electron chi connectivity index (χ3n) is 10.0. The zero-order chi connectivity index (χ0) is 34.3. The molecule has 7 aromatic rings. The van der Waals surface area contributed by atoms with Gasteiger partial charge in [-0.2, -0.15) is 0 Å². The summed E-state index contributed by atoms with van der Waals surface area (Å²) in [7, 11) is 0. The molecule has 0 bridgehead atoms. The number of fused-ring (bicyclic) bond motifs is 12. The lowest BCUT2D eigenvalue weighted by molar-refractivity contribution is 0.550.